The van der Waals surface area contributed by atoms with Gasteiger partial charge in [0.2, 0.25) is 5.79 Å². The number of likely N-dealkylation sites (tertiary alicyclic amines) is 1. The van der Waals surface area contributed by atoms with E-state index in [0.717, 1.165) is 16.6 Å². The molecule has 1 fully saturated rings. The van der Waals surface area contributed by atoms with E-state index >= 15 is 0 Å². The molecule has 0 aliphatic carbocycles. The van der Waals surface area contributed by atoms with Crippen LogP contribution in [0.3, 0.4) is 0 Å². The Hall–Kier alpha value is -0.620. The van der Waals surface area contributed by atoms with E-state index in [1.165, 1.54) is 0 Å². The minimum absolute atomic E-state index is 0.307. The van der Waals surface area contributed by atoms with Crippen LogP contribution in [-0.2, 0) is 0 Å². The smallest absolute Gasteiger partial charge is 0.216 e. The van der Waals surface area contributed by atoms with Crippen LogP contribution in [-0.4, -0.2) is 41.0 Å². The molecule has 3 atom stereocenters. The van der Waals surface area contributed by atoms with E-state index in [-0.39, 0.29) is 5.92 Å². The maximum atomic E-state index is 10.6. The minimum atomic E-state index is -1.24. The summed E-state index contributed by atoms with van der Waals surface area (Å²) in [5, 5.41) is 21.1. The third-order valence-corrected chi connectivity index (χ3v) is 4.39. The van der Waals surface area contributed by atoms with Gasteiger partial charge in [0.15, 0.2) is 0 Å². The third kappa shape index (κ3) is 1.86. The molecule has 1 aromatic rings. The molecule has 2 N–H and O–H groups in total. The Morgan fingerprint density at radius 1 is 1.50 bits per heavy atom. The molecule has 0 radical (unpaired) electrons. The highest BCUT2D eigenvalue weighted by Crippen LogP contribution is 2.46. The third-order valence-electron chi connectivity index (χ3n) is 3.90. The highest BCUT2D eigenvalue weighted by molar-refractivity contribution is 9.10. The molecule has 2 heterocycles. The Morgan fingerprint density at radius 2 is 2.28 bits per heavy atom. The van der Waals surface area contributed by atoms with Gasteiger partial charge in [0, 0.05) is 29.5 Å². The molecule has 0 bridgehead atoms. The summed E-state index contributed by atoms with van der Waals surface area (Å²) in [5.74, 6) is -0.973. The molecule has 5 heteroatoms. The monoisotopic (exact) mass is 313 g/mol. The number of halogens is 1. The van der Waals surface area contributed by atoms with Crippen molar-refractivity contribution in [2.24, 2.45) is 5.92 Å². The van der Waals surface area contributed by atoms with Crippen molar-refractivity contribution in [2.45, 2.75) is 18.3 Å². The second-order valence-corrected chi connectivity index (χ2v) is 6.11. The number of aliphatic hydroxyl groups excluding tert-OH is 1. The van der Waals surface area contributed by atoms with Crippen LogP contribution in [0.15, 0.2) is 22.7 Å². The van der Waals surface area contributed by atoms with E-state index in [9.17, 15) is 10.2 Å². The van der Waals surface area contributed by atoms with Gasteiger partial charge in [0.1, 0.15) is 5.75 Å². The van der Waals surface area contributed by atoms with Gasteiger partial charge in [-0.1, -0.05) is 15.9 Å². The number of hydrogen-bond donors (Lipinski definition) is 2. The zero-order valence-electron chi connectivity index (χ0n) is 10.1. The molecular weight excluding hydrogens is 298 g/mol. The SMILES string of the molecule is CN1CCC2(O)Oc3ccc(Br)cc3C(O)C2C1. The highest BCUT2D eigenvalue weighted by atomic mass is 79.9. The summed E-state index contributed by atoms with van der Waals surface area (Å²) in [6.45, 7) is 1.40. The maximum absolute atomic E-state index is 10.6. The van der Waals surface area contributed by atoms with Gasteiger partial charge < -0.3 is 19.8 Å². The second-order valence-electron chi connectivity index (χ2n) is 5.19. The number of nitrogens with zero attached hydrogens (tertiary/aromatic N) is 1. The lowest BCUT2D eigenvalue weighted by molar-refractivity contribution is -0.239. The summed E-state index contributed by atoms with van der Waals surface area (Å²) in [4.78, 5) is 2.11. The largest absolute Gasteiger partial charge is 0.462 e. The predicted octanol–water partition coefficient (Wildman–Crippen LogP) is 1.52. The summed E-state index contributed by atoms with van der Waals surface area (Å²) < 4.78 is 6.65. The van der Waals surface area contributed by atoms with Gasteiger partial charge >= 0.3 is 0 Å². The molecule has 0 saturated carbocycles. The Morgan fingerprint density at radius 3 is 3.06 bits per heavy atom. The number of rotatable bonds is 0. The molecule has 0 spiro atoms. The van der Waals surface area contributed by atoms with Crippen LogP contribution < -0.4 is 4.74 Å². The van der Waals surface area contributed by atoms with Gasteiger partial charge in [-0.25, -0.2) is 0 Å². The molecule has 2 aliphatic rings. The van der Waals surface area contributed by atoms with E-state index in [0.29, 0.717) is 18.7 Å². The zero-order chi connectivity index (χ0) is 12.9. The molecule has 18 heavy (non-hydrogen) atoms. The Balaban J connectivity index is 2.03. The fourth-order valence-electron chi connectivity index (χ4n) is 2.83. The number of benzene rings is 1. The van der Waals surface area contributed by atoms with Crippen molar-refractivity contribution >= 4 is 15.9 Å². The number of fused-ring (bicyclic) bond motifs is 2. The van der Waals surface area contributed by atoms with Crippen molar-refractivity contribution in [3.05, 3.63) is 28.2 Å². The molecule has 1 saturated heterocycles. The highest BCUT2D eigenvalue weighted by Gasteiger charge is 2.50. The first-order chi connectivity index (χ1) is 8.49. The first kappa shape index (κ1) is 12.4. The maximum Gasteiger partial charge on any atom is 0.216 e. The van der Waals surface area contributed by atoms with Crippen LogP contribution in [0.5, 0.6) is 5.75 Å². The Kier molecular flexibility index (Phi) is 2.90. The number of hydrogen-bond acceptors (Lipinski definition) is 4. The van der Waals surface area contributed by atoms with Gasteiger partial charge in [-0.3, -0.25) is 0 Å². The molecule has 0 aromatic heterocycles. The lowest BCUT2D eigenvalue weighted by Gasteiger charge is -2.48. The molecule has 98 valence electrons. The van der Waals surface area contributed by atoms with Gasteiger partial charge in [0.05, 0.1) is 12.0 Å². The van der Waals surface area contributed by atoms with Gasteiger partial charge in [-0.05, 0) is 25.2 Å². The van der Waals surface area contributed by atoms with Crippen LogP contribution in [0.2, 0.25) is 0 Å². The minimum Gasteiger partial charge on any atom is -0.462 e. The fraction of sp³-hybridized carbons (Fsp3) is 0.538. The van der Waals surface area contributed by atoms with Gasteiger partial charge in [-0.15, -0.1) is 0 Å². The molecule has 0 amide bonds. The Labute approximate surface area is 114 Å². The van der Waals surface area contributed by atoms with Crippen molar-refractivity contribution in [2.75, 3.05) is 20.1 Å². The van der Waals surface area contributed by atoms with E-state index in [1.54, 1.807) is 6.07 Å². The van der Waals surface area contributed by atoms with E-state index < -0.39 is 11.9 Å². The van der Waals surface area contributed by atoms with Crippen molar-refractivity contribution in [1.29, 1.82) is 0 Å². The van der Waals surface area contributed by atoms with Crippen molar-refractivity contribution in [1.82, 2.24) is 4.90 Å². The molecule has 2 aliphatic heterocycles. The number of aliphatic hydroxyl groups is 2. The quantitative estimate of drug-likeness (QED) is 0.762. The van der Waals surface area contributed by atoms with Crippen LogP contribution in [0.25, 0.3) is 0 Å². The lowest BCUT2D eigenvalue weighted by Crippen LogP contribution is -2.58. The second kappa shape index (κ2) is 4.20. The molecule has 4 nitrogen and oxygen atoms in total. The zero-order valence-corrected chi connectivity index (χ0v) is 11.7. The number of piperidine rings is 1. The van der Waals surface area contributed by atoms with Crippen LogP contribution >= 0.6 is 15.9 Å². The average molecular weight is 314 g/mol. The van der Waals surface area contributed by atoms with Crippen LogP contribution in [0.1, 0.15) is 18.1 Å². The topological polar surface area (TPSA) is 52.9 Å². The first-order valence-corrected chi connectivity index (χ1v) is 6.86. The normalized spacial score (nSPS) is 35.6. The van der Waals surface area contributed by atoms with Gasteiger partial charge in [0.25, 0.3) is 0 Å². The van der Waals surface area contributed by atoms with Crippen LogP contribution in [0, 0.1) is 5.92 Å². The van der Waals surface area contributed by atoms with E-state index in [1.807, 2.05) is 19.2 Å². The lowest BCUT2D eigenvalue weighted by atomic mass is 9.81. The standard InChI is InChI=1S/C13H16BrNO3/c1-15-5-4-13(17)10(7-15)12(16)9-6-8(14)2-3-11(9)18-13/h2-3,6,10,12,16-17H,4-5,7H2,1H3. The molecule has 3 unspecified atom stereocenters. The average Bonchev–Trinajstić information content (AvgIpc) is 2.33. The van der Waals surface area contributed by atoms with E-state index in [4.69, 9.17) is 4.74 Å². The molecular formula is C13H16BrNO3. The summed E-state index contributed by atoms with van der Waals surface area (Å²) in [6, 6.07) is 5.49. The predicted molar refractivity (Wildman–Crippen MR) is 70.3 cm³/mol. The fourth-order valence-corrected chi connectivity index (χ4v) is 3.21. The molecule has 3 rings (SSSR count). The number of ether oxygens (including phenoxy) is 1. The summed E-state index contributed by atoms with van der Waals surface area (Å²) in [7, 11) is 1.99. The summed E-state index contributed by atoms with van der Waals surface area (Å²) in [6.07, 6.45) is -0.181. The summed E-state index contributed by atoms with van der Waals surface area (Å²) >= 11 is 3.39. The van der Waals surface area contributed by atoms with Crippen molar-refractivity contribution in [3.8, 4) is 5.75 Å². The van der Waals surface area contributed by atoms with Crippen molar-refractivity contribution < 1.29 is 14.9 Å². The molecule has 1 aromatic carbocycles. The van der Waals surface area contributed by atoms with Gasteiger partial charge in [-0.2, -0.15) is 0 Å². The van der Waals surface area contributed by atoms with Crippen LogP contribution in [0.4, 0.5) is 0 Å². The van der Waals surface area contributed by atoms with Crippen molar-refractivity contribution in [3.63, 3.8) is 0 Å². The first-order valence-electron chi connectivity index (χ1n) is 6.07. The Bertz CT molecular complexity index is 481. The summed E-state index contributed by atoms with van der Waals surface area (Å²) in [5.41, 5.74) is 0.745. The van der Waals surface area contributed by atoms with E-state index in [2.05, 4.69) is 20.8 Å².